The number of phenolic OH excluding ortho intramolecular Hbond substituents is 1. The Hall–Kier alpha value is -10.7. The van der Waals surface area contributed by atoms with Crippen LogP contribution in [0.5, 0.6) is 5.75 Å². The maximum absolute atomic E-state index is 14.6. The van der Waals surface area contributed by atoms with E-state index in [4.69, 9.17) is 10.5 Å². The topological polar surface area (TPSA) is 246 Å². The Bertz CT molecular complexity index is 5380. The molecule has 3 N–H and O–H groups in total. The molecule has 3 aliphatic rings. The number of hydrogen-bond donors (Lipinski definition) is 2. The lowest BCUT2D eigenvalue weighted by Gasteiger charge is -2.27. The predicted octanol–water partition coefficient (Wildman–Crippen LogP) is 18.4. The van der Waals surface area contributed by atoms with Crippen molar-refractivity contribution in [1.29, 1.82) is 0 Å². The van der Waals surface area contributed by atoms with E-state index in [1.165, 1.54) is 145 Å². The number of likely N-dealkylation sites (N-methyl/N-ethyl adjacent to an activating group) is 3. The van der Waals surface area contributed by atoms with Crippen LogP contribution in [0.15, 0.2) is 160 Å². The lowest BCUT2D eigenvalue weighted by atomic mass is 9.84. The molecule has 19 nitrogen and oxygen atoms in total. The van der Waals surface area contributed by atoms with Crippen molar-refractivity contribution in [1.82, 2.24) is 12.9 Å². The number of esters is 1. The molecular formula is C89H93F12N7O12S3. The van der Waals surface area contributed by atoms with Crippen LogP contribution < -0.4 is 20.4 Å². The van der Waals surface area contributed by atoms with Crippen molar-refractivity contribution in [2.45, 2.75) is 169 Å². The van der Waals surface area contributed by atoms with Gasteiger partial charge in [-0.25, -0.2) is 82.7 Å². The standard InChI is InChI=1S/C31H32F4N2O5S.C29H31F4N3O3S.C29H30F4N2O4S/c1-19-26(32)28(34)30(29(35)27(19)33)43(40,41)36(2)18-25(38)37(24-15-13-23(14-16-24)31(39)42-3)17-20-9-11-22(12-10-20)21-7-5-4-6-8-21;1-18-25(30)27(32)29(28(33)26(18)31)40(38,39)35(2)17-24(37)36(23-14-12-22(34)13-15-23)16-19-8-10-21(11-9-19)20-6-4-3-5-7-20;1-18-25(30)27(32)29(28(33)26(18)31)40(38,39)34(2)17-24(37)35(22-12-14-23(36)15-13-22)16-19-8-10-21(11-9-19)20-6-4-3-5-7-20/h9-16,21H,4-8,17-18H2,1-3H3;8-15,20H,3-7,16-17,34H2,1-2H3;8-15,20,36H,3-7,16-17H2,1-2H3. The third kappa shape index (κ3) is 21.8. The van der Waals surface area contributed by atoms with E-state index in [1.54, 1.807) is 24.3 Å². The Morgan fingerprint density at radius 2 is 0.577 bits per heavy atom. The number of sulfonamides is 3. The quantitative estimate of drug-likeness (QED) is 0.0234. The van der Waals surface area contributed by atoms with E-state index in [0.29, 0.717) is 53.4 Å². The van der Waals surface area contributed by atoms with Crippen LogP contribution in [0.3, 0.4) is 0 Å². The lowest BCUT2D eigenvalue weighted by molar-refractivity contribution is -0.119. The largest absolute Gasteiger partial charge is 0.508 e. The van der Waals surface area contributed by atoms with E-state index in [9.17, 15) is 102 Å². The summed E-state index contributed by atoms with van der Waals surface area (Å²) in [7, 11) is -11.6. The molecule has 9 aromatic carbocycles. The zero-order valence-electron chi connectivity index (χ0n) is 68.4. The fourth-order valence-corrected chi connectivity index (χ4v) is 18.8. The number of anilines is 4. The van der Waals surface area contributed by atoms with Gasteiger partial charge in [-0.2, -0.15) is 12.9 Å². The fourth-order valence-electron chi connectivity index (χ4n) is 15.1. The second-order valence-electron chi connectivity index (χ2n) is 30.7. The minimum Gasteiger partial charge on any atom is -0.508 e. The number of nitrogens with two attached hydrogens (primary N) is 1. The van der Waals surface area contributed by atoms with Gasteiger partial charge in [0.05, 0.1) is 51.9 Å². The molecule has 3 aliphatic carbocycles. The number of carbonyl (C=O) groups excluding carboxylic acids is 4. The number of carbonyl (C=O) groups is 4. The normalized spacial score (nSPS) is 14.4. The summed E-state index contributed by atoms with van der Waals surface area (Å²) in [6.07, 6.45) is 17.5. The smallest absolute Gasteiger partial charge is 0.337 e. The van der Waals surface area contributed by atoms with Gasteiger partial charge in [-0.05, 0) is 183 Å². The minimum atomic E-state index is -5.19. The van der Waals surface area contributed by atoms with Crippen LogP contribution >= 0.6 is 0 Å². The first-order chi connectivity index (χ1) is 58.2. The summed E-state index contributed by atoms with van der Waals surface area (Å²) in [5.41, 5.74) is 10.3. The van der Waals surface area contributed by atoms with E-state index in [1.807, 2.05) is 72.8 Å². The van der Waals surface area contributed by atoms with Gasteiger partial charge in [0.2, 0.25) is 47.8 Å². The molecule has 0 aromatic heterocycles. The predicted molar refractivity (Wildman–Crippen MR) is 440 cm³/mol. The summed E-state index contributed by atoms with van der Waals surface area (Å²) in [4.78, 5) is 50.7. The van der Waals surface area contributed by atoms with Gasteiger partial charge in [0, 0.05) is 60.6 Å². The molecule has 0 aliphatic heterocycles. The average molecular weight is 1780 g/mol. The number of rotatable bonds is 25. The van der Waals surface area contributed by atoms with Gasteiger partial charge in [0.15, 0.2) is 84.5 Å². The first-order valence-electron chi connectivity index (χ1n) is 39.6. The zero-order valence-corrected chi connectivity index (χ0v) is 70.8. The fraction of sp³-hybridized carbons (Fsp3) is 0.348. The highest BCUT2D eigenvalue weighted by Gasteiger charge is 2.40. The molecule has 658 valence electrons. The molecule has 12 rings (SSSR count). The van der Waals surface area contributed by atoms with Crippen LogP contribution in [0.4, 0.5) is 75.4 Å². The number of benzene rings is 9. The summed E-state index contributed by atoms with van der Waals surface area (Å²) < 4.78 is 256. The van der Waals surface area contributed by atoms with Crippen LogP contribution in [0, 0.1) is 90.6 Å². The van der Waals surface area contributed by atoms with Crippen molar-refractivity contribution in [3.63, 3.8) is 0 Å². The molecule has 0 spiro atoms. The van der Waals surface area contributed by atoms with Crippen LogP contribution in [-0.4, -0.2) is 115 Å². The maximum Gasteiger partial charge on any atom is 0.337 e. The molecule has 3 saturated carbocycles. The summed E-state index contributed by atoms with van der Waals surface area (Å²) in [6.45, 7) is -0.252. The second-order valence-corrected chi connectivity index (χ2v) is 36.7. The number of nitrogens with zero attached hydrogens (tertiary/aromatic N) is 6. The summed E-state index contributed by atoms with van der Waals surface area (Å²) in [5.74, 6) is -24.9. The molecule has 0 saturated heterocycles. The number of aromatic hydroxyl groups is 1. The number of ether oxygens (including phenoxy) is 1. The zero-order chi connectivity index (χ0) is 89.9. The van der Waals surface area contributed by atoms with Crippen molar-refractivity contribution < 1.29 is 107 Å². The monoisotopic (exact) mass is 1780 g/mol. The minimum absolute atomic E-state index is 0.00819. The first-order valence-corrected chi connectivity index (χ1v) is 43.9. The van der Waals surface area contributed by atoms with Crippen molar-refractivity contribution in [3.8, 4) is 5.75 Å². The van der Waals surface area contributed by atoms with E-state index in [-0.39, 0.29) is 30.9 Å². The van der Waals surface area contributed by atoms with Gasteiger partial charge in [0.25, 0.3) is 0 Å². The van der Waals surface area contributed by atoms with E-state index < -0.39 is 175 Å². The van der Waals surface area contributed by atoms with E-state index >= 15 is 0 Å². The highest BCUT2D eigenvalue weighted by Crippen LogP contribution is 2.39. The van der Waals surface area contributed by atoms with Crippen molar-refractivity contribution in [2.24, 2.45) is 0 Å². The first kappa shape index (κ1) is 94.6. The van der Waals surface area contributed by atoms with Crippen LogP contribution in [-0.2, 0) is 68.8 Å². The van der Waals surface area contributed by atoms with Crippen LogP contribution in [0.2, 0.25) is 0 Å². The van der Waals surface area contributed by atoms with Gasteiger partial charge >= 0.3 is 5.97 Å². The molecule has 9 aromatic rings. The molecule has 0 radical (unpaired) electrons. The van der Waals surface area contributed by atoms with Gasteiger partial charge in [-0.1, -0.05) is 131 Å². The molecule has 34 heteroatoms. The number of halogens is 12. The van der Waals surface area contributed by atoms with Gasteiger partial charge in [-0.15, -0.1) is 0 Å². The average Bonchev–Trinajstić information content (AvgIpc) is 0.766. The molecule has 0 bridgehead atoms. The third-order valence-corrected chi connectivity index (χ3v) is 27.9. The summed E-state index contributed by atoms with van der Waals surface area (Å²) in [6, 6.07) is 41.1. The molecule has 0 atom stereocenters. The molecule has 123 heavy (non-hydrogen) atoms. The Morgan fingerprint density at radius 3 is 0.813 bits per heavy atom. The van der Waals surface area contributed by atoms with Crippen molar-refractivity contribution in [2.75, 3.05) is 68.3 Å². The Morgan fingerprint density at radius 1 is 0.350 bits per heavy atom. The van der Waals surface area contributed by atoms with E-state index in [0.717, 1.165) is 97.1 Å². The number of phenols is 1. The van der Waals surface area contributed by atoms with Crippen LogP contribution in [0.25, 0.3) is 0 Å². The highest BCUT2D eigenvalue weighted by molar-refractivity contribution is 7.89. The number of amides is 3. The second kappa shape index (κ2) is 40.8. The molecule has 0 unspecified atom stereocenters. The molecular weight excluding hydrogens is 1680 g/mol. The van der Waals surface area contributed by atoms with Gasteiger partial charge < -0.3 is 30.3 Å². The third-order valence-electron chi connectivity index (χ3n) is 22.5. The Kier molecular flexibility index (Phi) is 31.4. The van der Waals surface area contributed by atoms with E-state index in [2.05, 4.69) is 0 Å². The van der Waals surface area contributed by atoms with Crippen molar-refractivity contribution in [3.05, 3.63) is 271 Å². The number of methoxy groups -OCH3 is 1. The molecule has 3 amide bonds. The lowest BCUT2D eigenvalue weighted by Crippen LogP contribution is -2.41. The van der Waals surface area contributed by atoms with Crippen LogP contribution in [0.1, 0.15) is 174 Å². The summed E-state index contributed by atoms with van der Waals surface area (Å²) in [5, 5.41) is 9.69. The van der Waals surface area contributed by atoms with Gasteiger partial charge in [-0.3, -0.25) is 14.4 Å². The number of nitrogen functional groups attached to an aromatic ring is 1. The highest BCUT2D eigenvalue weighted by atomic mass is 32.2. The molecule has 3 fully saturated rings. The summed E-state index contributed by atoms with van der Waals surface area (Å²) >= 11 is 0. The van der Waals surface area contributed by atoms with Gasteiger partial charge in [0.1, 0.15) is 5.75 Å². The number of hydrogen-bond acceptors (Lipinski definition) is 13. The Balaban J connectivity index is 0.000000193. The molecule has 0 heterocycles. The maximum atomic E-state index is 14.6. The Labute approximate surface area is 706 Å². The SMILES string of the molecule is COC(=O)c1ccc(N(Cc2ccc(C3CCCCC3)cc2)C(=O)CN(C)S(=O)(=O)c2c(F)c(F)c(C)c(F)c2F)cc1.Cc1c(F)c(F)c(S(=O)(=O)N(C)CC(=O)N(Cc2ccc(C3CCCCC3)cc2)c2ccc(N)cc2)c(F)c1F.Cc1c(F)c(F)c(S(=O)(=O)N(C)CC(=O)N(Cc2ccc(C3CCCCC3)cc2)c2ccc(O)cc2)c(F)c1F. The van der Waals surface area contributed by atoms with Crippen molar-refractivity contribution >= 4 is 76.5 Å².